The zero-order valence-corrected chi connectivity index (χ0v) is 9.40. The van der Waals surface area contributed by atoms with Gasteiger partial charge in [-0.3, -0.25) is 9.78 Å². The highest BCUT2D eigenvalue weighted by atomic mass is 16.5. The number of aryl methyl sites for hydroxylation is 1. The number of aromatic nitrogens is 1. The lowest BCUT2D eigenvalue weighted by molar-refractivity contribution is 0.0919. The van der Waals surface area contributed by atoms with E-state index in [4.69, 9.17) is 10.5 Å². The number of nitrogens with one attached hydrogen (secondary N) is 1. The molecule has 5 nitrogen and oxygen atoms in total. The van der Waals surface area contributed by atoms with Crippen molar-refractivity contribution in [3.63, 3.8) is 0 Å². The zero-order chi connectivity index (χ0) is 11.8. The fourth-order valence-corrected chi connectivity index (χ4v) is 1.13. The summed E-state index contributed by atoms with van der Waals surface area (Å²) in [5.74, 6) is -0.135. The minimum atomic E-state index is -0.135. The van der Waals surface area contributed by atoms with Crippen molar-refractivity contribution in [3.8, 4) is 0 Å². The Labute approximate surface area is 95.0 Å². The van der Waals surface area contributed by atoms with Crippen LogP contribution in [0.2, 0.25) is 0 Å². The first kappa shape index (κ1) is 12.6. The van der Waals surface area contributed by atoms with Gasteiger partial charge in [0.15, 0.2) is 0 Å². The van der Waals surface area contributed by atoms with Crippen molar-refractivity contribution < 1.29 is 9.53 Å². The molecule has 1 aromatic rings. The first-order valence-electron chi connectivity index (χ1n) is 5.22. The maximum absolute atomic E-state index is 11.6. The molecule has 16 heavy (non-hydrogen) atoms. The number of carbonyl (C=O) groups excluding carboxylic acids is 1. The predicted molar refractivity (Wildman–Crippen MR) is 61.2 cm³/mol. The summed E-state index contributed by atoms with van der Waals surface area (Å²) in [6.07, 6.45) is 1.56. The standard InChI is InChI=1S/C11H17N3O2/c1-9-2-3-10(8-14-9)11(15)13-5-7-16-6-4-12/h2-3,8H,4-7,12H2,1H3,(H,13,15). The molecule has 3 N–H and O–H groups in total. The number of nitrogens with two attached hydrogens (primary N) is 1. The summed E-state index contributed by atoms with van der Waals surface area (Å²) in [4.78, 5) is 15.6. The van der Waals surface area contributed by atoms with Gasteiger partial charge in [-0.25, -0.2) is 0 Å². The van der Waals surface area contributed by atoms with Crippen molar-refractivity contribution in [1.82, 2.24) is 10.3 Å². The van der Waals surface area contributed by atoms with Gasteiger partial charge in [0.2, 0.25) is 0 Å². The fraction of sp³-hybridized carbons (Fsp3) is 0.455. The number of ether oxygens (including phenoxy) is 1. The lowest BCUT2D eigenvalue weighted by atomic mass is 10.2. The Morgan fingerprint density at radius 3 is 2.94 bits per heavy atom. The topological polar surface area (TPSA) is 77.2 Å². The third kappa shape index (κ3) is 4.37. The number of hydrogen-bond donors (Lipinski definition) is 2. The van der Waals surface area contributed by atoms with Crippen LogP contribution in [0.5, 0.6) is 0 Å². The van der Waals surface area contributed by atoms with Gasteiger partial charge >= 0.3 is 0 Å². The highest BCUT2D eigenvalue weighted by Crippen LogP contribution is 1.98. The third-order valence-corrected chi connectivity index (χ3v) is 1.97. The third-order valence-electron chi connectivity index (χ3n) is 1.97. The normalized spacial score (nSPS) is 10.1. The van der Waals surface area contributed by atoms with E-state index in [0.717, 1.165) is 5.69 Å². The molecule has 0 aromatic carbocycles. The second-order valence-corrected chi connectivity index (χ2v) is 3.35. The first-order chi connectivity index (χ1) is 7.74. The van der Waals surface area contributed by atoms with E-state index < -0.39 is 0 Å². The molecule has 0 spiro atoms. The number of carbonyl (C=O) groups is 1. The Balaban J connectivity index is 2.27. The van der Waals surface area contributed by atoms with Crippen LogP contribution in [0.15, 0.2) is 18.3 Å². The monoisotopic (exact) mass is 223 g/mol. The number of hydrogen-bond acceptors (Lipinski definition) is 4. The quantitative estimate of drug-likeness (QED) is 0.670. The molecule has 0 unspecified atom stereocenters. The van der Waals surface area contributed by atoms with Crippen molar-refractivity contribution in [2.24, 2.45) is 5.73 Å². The van der Waals surface area contributed by atoms with Crippen LogP contribution in [0.3, 0.4) is 0 Å². The highest BCUT2D eigenvalue weighted by molar-refractivity contribution is 5.93. The summed E-state index contributed by atoms with van der Waals surface area (Å²) in [6, 6.07) is 3.55. The van der Waals surface area contributed by atoms with Crippen LogP contribution < -0.4 is 11.1 Å². The second kappa shape index (κ2) is 6.92. The van der Waals surface area contributed by atoms with E-state index in [-0.39, 0.29) is 5.91 Å². The molecule has 1 rings (SSSR count). The molecule has 0 aliphatic rings. The maximum Gasteiger partial charge on any atom is 0.252 e. The van der Waals surface area contributed by atoms with E-state index >= 15 is 0 Å². The Morgan fingerprint density at radius 2 is 2.31 bits per heavy atom. The lowest BCUT2D eigenvalue weighted by Crippen LogP contribution is -2.28. The van der Waals surface area contributed by atoms with Gasteiger partial charge in [0.1, 0.15) is 0 Å². The van der Waals surface area contributed by atoms with Crippen LogP contribution in [-0.2, 0) is 4.74 Å². The van der Waals surface area contributed by atoms with Gasteiger partial charge < -0.3 is 15.8 Å². The van der Waals surface area contributed by atoms with Crippen molar-refractivity contribution in [1.29, 1.82) is 0 Å². The van der Waals surface area contributed by atoms with Gasteiger partial charge in [-0.2, -0.15) is 0 Å². The van der Waals surface area contributed by atoms with Crippen molar-refractivity contribution in [2.75, 3.05) is 26.3 Å². The molecule has 0 saturated carbocycles. The molecule has 1 amide bonds. The van der Waals surface area contributed by atoms with E-state index in [0.29, 0.717) is 31.9 Å². The summed E-state index contributed by atoms with van der Waals surface area (Å²) < 4.78 is 5.13. The summed E-state index contributed by atoms with van der Waals surface area (Å²) in [5.41, 5.74) is 6.71. The van der Waals surface area contributed by atoms with E-state index in [2.05, 4.69) is 10.3 Å². The van der Waals surface area contributed by atoms with Crippen LogP contribution in [0.1, 0.15) is 16.1 Å². The van der Waals surface area contributed by atoms with Crippen LogP contribution in [0, 0.1) is 6.92 Å². The largest absolute Gasteiger partial charge is 0.378 e. The number of pyridine rings is 1. The average molecular weight is 223 g/mol. The number of rotatable bonds is 6. The minimum absolute atomic E-state index is 0.135. The SMILES string of the molecule is Cc1ccc(C(=O)NCCOCCN)cn1. The molecule has 0 fully saturated rings. The molecule has 0 aliphatic heterocycles. The Bertz CT molecular complexity index is 325. The summed E-state index contributed by atoms with van der Waals surface area (Å²) in [6.45, 7) is 3.84. The van der Waals surface area contributed by atoms with Crippen LogP contribution in [0.4, 0.5) is 0 Å². The van der Waals surface area contributed by atoms with Gasteiger partial charge in [0, 0.05) is 25.0 Å². The fourth-order valence-electron chi connectivity index (χ4n) is 1.13. The number of amides is 1. The van der Waals surface area contributed by atoms with Crippen LogP contribution in [0.25, 0.3) is 0 Å². The minimum Gasteiger partial charge on any atom is -0.378 e. The molecular weight excluding hydrogens is 206 g/mol. The lowest BCUT2D eigenvalue weighted by Gasteiger charge is -2.05. The van der Waals surface area contributed by atoms with Crippen LogP contribution >= 0.6 is 0 Å². The number of nitrogens with zero attached hydrogens (tertiary/aromatic N) is 1. The zero-order valence-electron chi connectivity index (χ0n) is 9.40. The summed E-state index contributed by atoms with van der Waals surface area (Å²) in [5, 5.41) is 2.73. The summed E-state index contributed by atoms with van der Waals surface area (Å²) >= 11 is 0. The molecule has 88 valence electrons. The van der Waals surface area contributed by atoms with Gasteiger partial charge in [-0.1, -0.05) is 0 Å². The molecule has 0 aliphatic carbocycles. The van der Waals surface area contributed by atoms with Crippen LogP contribution in [-0.4, -0.2) is 37.2 Å². The van der Waals surface area contributed by atoms with Gasteiger partial charge in [0.25, 0.3) is 5.91 Å². The smallest absolute Gasteiger partial charge is 0.252 e. The molecule has 1 heterocycles. The Kier molecular flexibility index (Phi) is 5.45. The predicted octanol–water partition coefficient (Wildman–Crippen LogP) is 0.0951. The molecule has 1 aromatic heterocycles. The molecule has 0 radical (unpaired) electrons. The van der Waals surface area contributed by atoms with E-state index in [9.17, 15) is 4.79 Å². The Hall–Kier alpha value is -1.46. The van der Waals surface area contributed by atoms with E-state index in [1.54, 1.807) is 18.3 Å². The average Bonchev–Trinajstić information content (AvgIpc) is 2.29. The summed E-state index contributed by atoms with van der Waals surface area (Å²) in [7, 11) is 0. The van der Waals surface area contributed by atoms with Gasteiger partial charge in [0.05, 0.1) is 18.8 Å². The maximum atomic E-state index is 11.6. The van der Waals surface area contributed by atoms with Gasteiger partial charge in [-0.05, 0) is 19.1 Å². The van der Waals surface area contributed by atoms with E-state index in [1.807, 2.05) is 6.92 Å². The molecule has 0 saturated heterocycles. The first-order valence-corrected chi connectivity index (χ1v) is 5.22. The van der Waals surface area contributed by atoms with E-state index in [1.165, 1.54) is 0 Å². The van der Waals surface area contributed by atoms with Crippen molar-refractivity contribution >= 4 is 5.91 Å². The molecule has 5 heteroatoms. The van der Waals surface area contributed by atoms with Crippen molar-refractivity contribution in [2.45, 2.75) is 6.92 Å². The Morgan fingerprint density at radius 1 is 1.50 bits per heavy atom. The molecule has 0 bridgehead atoms. The van der Waals surface area contributed by atoms with Crippen molar-refractivity contribution in [3.05, 3.63) is 29.6 Å². The highest BCUT2D eigenvalue weighted by Gasteiger charge is 2.03. The molecule has 0 atom stereocenters. The van der Waals surface area contributed by atoms with Gasteiger partial charge in [-0.15, -0.1) is 0 Å². The molecular formula is C11H17N3O2. The second-order valence-electron chi connectivity index (χ2n) is 3.35.